The lowest BCUT2D eigenvalue weighted by Gasteiger charge is -2.23. The highest BCUT2D eigenvalue weighted by molar-refractivity contribution is 14.0. The Kier molecular flexibility index (Phi) is 7.55. The third-order valence-electron chi connectivity index (χ3n) is 3.41. The van der Waals surface area contributed by atoms with Crippen molar-refractivity contribution in [3.05, 3.63) is 23.7 Å². The van der Waals surface area contributed by atoms with E-state index in [-0.39, 0.29) is 29.7 Å². The lowest BCUT2D eigenvalue weighted by molar-refractivity contribution is 0.0563. The van der Waals surface area contributed by atoms with Crippen LogP contribution in [0.2, 0.25) is 0 Å². The molecule has 0 amide bonds. The van der Waals surface area contributed by atoms with Crippen LogP contribution in [-0.4, -0.2) is 25.1 Å². The van der Waals surface area contributed by atoms with E-state index in [0.29, 0.717) is 24.3 Å². The number of halogens is 1. The van der Waals surface area contributed by atoms with Crippen LogP contribution in [0, 0.1) is 0 Å². The number of aliphatic imine (C=N–C) groups is 1. The molecule has 0 aliphatic heterocycles. The summed E-state index contributed by atoms with van der Waals surface area (Å²) in [6, 6.07) is 3.69. The van der Waals surface area contributed by atoms with Gasteiger partial charge in [0.1, 0.15) is 12.3 Å². The second-order valence-corrected chi connectivity index (χ2v) is 4.94. The van der Waals surface area contributed by atoms with Gasteiger partial charge in [0.2, 0.25) is 5.76 Å². The number of nitrogens with zero attached hydrogens (tertiary/aromatic N) is 1. The lowest BCUT2D eigenvalue weighted by Crippen LogP contribution is -2.41. The summed E-state index contributed by atoms with van der Waals surface area (Å²) < 4.78 is 9.88. The highest BCUT2D eigenvalue weighted by atomic mass is 127. The minimum absolute atomic E-state index is 0. The Hall–Kier alpha value is -1.25. The van der Waals surface area contributed by atoms with E-state index in [1.807, 2.05) is 0 Å². The zero-order chi connectivity index (χ0) is 14.4. The Bertz CT molecular complexity index is 482. The molecule has 0 saturated heterocycles. The molecule has 1 aromatic rings. The summed E-state index contributed by atoms with van der Waals surface area (Å²) in [4.78, 5) is 15.5. The summed E-state index contributed by atoms with van der Waals surface area (Å²) in [7, 11) is 1.31. The van der Waals surface area contributed by atoms with Crippen molar-refractivity contribution in [2.75, 3.05) is 7.11 Å². The molecular formula is C14H22IN3O3. The van der Waals surface area contributed by atoms with Gasteiger partial charge < -0.3 is 20.2 Å². The molecule has 0 aromatic carbocycles. The molecule has 1 fully saturated rings. The molecule has 0 unspecified atom stereocenters. The number of esters is 1. The number of ether oxygens (including phenoxy) is 1. The van der Waals surface area contributed by atoms with Gasteiger partial charge in [0.25, 0.3) is 0 Å². The molecule has 1 aliphatic rings. The van der Waals surface area contributed by atoms with Gasteiger partial charge in [-0.1, -0.05) is 19.3 Å². The van der Waals surface area contributed by atoms with Crippen LogP contribution in [0.15, 0.2) is 21.5 Å². The summed E-state index contributed by atoms with van der Waals surface area (Å²) >= 11 is 0. The van der Waals surface area contributed by atoms with E-state index in [0.717, 1.165) is 12.8 Å². The monoisotopic (exact) mass is 407 g/mol. The summed E-state index contributed by atoms with van der Waals surface area (Å²) in [5.74, 6) is 0.691. The molecule has 1 aromatic heterocycles. The maximum Gasteiger partial charge on any atom is 0.373 e. The number of furan rings is 1. The van der Waals surface area contributed by atoms with Crippen LogP contribution < -0.4 is 11.1 Å². The van der Waals surface area contributed by atoms with Gasteiger partial charge in [-0.15, -0.1) is 24.0 Å². The Morgan fingerprint density at radius 1 is 1.43 bits per heavy atom. The zero-order valence-electron chi connectivity index (χ0n) is 12.1. The highest BCUT2D eigenvalue weighted by Crippen LogP contribution is 2.17. The van der Waals surface area contributed by atoms with Crippen molar-refractivity contribution in [3.8, 4) is 0 Å². The smallest absolute Gasteiger partial charge is 0.373 e. The molecule has 6 nitrogen and oxygen atoms in total. The maximum atomic E-state index is 11.2. The number of methoxy groups -OCH3 is 1. The molecule has 0 spiro atoms. The minimum Gasteiger partial charge on any atom is -0.463 e. The topological polar surface area (TPSA) is 89.8 Å². The van der Waals surface area contributed by atoms with E-state index < -0.39 is 5.97 Å². The predicted octanol–water partition coefficient (Wildman–Crippen LogP) is 2.42. The van der Waals surface area contributed by atoms with E-state index in [1.165, 1.54) is 26.4 Å². The van der Waals surface area contributed by atoms with Crippen molar-refractivity contribution in [2.24, 2.45) is 10.7 Å². The van der Waals surface area contributed by atoms with E-state index in [4.69, 9.17) is 10.2 Å². The summed E-state index contributed by atoms with van der Waals surface area (Å²) in [5, 5.41) is 3.22. The first-order chi connectivity index (χ1) is 9.69. The number of guanidine groups is 1. The second kappa shape index (κ2) is 8.91. The molecule has 1 aliphatic carbocycles. The van der Waals surface area contributed by atoms with Crippen molar-refractivity contribution in [1.82, 2.24) is 5.32 Å². The fraction of sp³-hybridized carbons (Fsp3) is 0.571. The fourth-order valence-corrected chi connectivity index (χ4v) is 2.34. The van der Waals surface area contributed by atoms with Gasteiger partial charge in [-0.05, 0) is 25.0 Å². The number of carbonyl (C=O) groups is 1. The largest absolute Gasteiger partial charge is 0.463 e. The van der Waals surface area contributed by atoms with Gasteiger partial charge in [0, 0.05) is 6.04 Å². The molecule has 0 radical (unpaired) electrons. The predicted molar refractivity (Wildman–Crippen MR) is 90.8 cm³/mol. The van der Waals surface area contributed by atoms with Crippen molar-refractivity contribution < 1.29 is 13.9 Å². The average molecular weight is 407 g/mol. The van der Waals surface area contributed by atoms with Gasteiger partial charge in [-0.3, -0.25) is 0 Å². The molecule has 2 rings (SSSR count). The molecule has 21 heavy (non-hydrogen) atoms. The quantitative estimate of drug-likeness (QED) is 0.346. The van der Waals surface area contributed by atoms with Gasteiger partial charge in [-0.2, -0.15) is 0 Å². The highest BCUT2D eigenvalue weighted by Gasteiger charge is 2.14. The van der Waals surface area contributed by atoms with E-state index in [2.05, 4.69) is 15.0 Å². The zero-order valence-corrected chi connectivity index (χ0v) is 14.5. The molecule has 1 saturated carbocycles. The average Bonchev–Trinajstić information content (AvgIpc) is 2.94. The minimum atomic E-state index is -0.492. The van der Waals surface area contributed by atoms with Crippen LogP contribution in [0.3, 0.4) is 0 Å². The van der Waals surface area contributed by atoms with E-state index in [1.54, 1.807) is 12.1 Å². The molecule has 0 bridgehead atoms. The van der Waals surface area contributed by atoms with Crippen LogP contribution in [0.4, 0.5) is 0 Å². The summed E-state index contributed by atoms with van der Waals surface area (Å²) in [6.45, 7) is 0.308. The summed E-state index contributed by atoms with van der Waals surface area (Å²) in [5.41, 5.74) is 5.85. The maximum absolute atomic E-state index is 11.2. The molecule has 1 heterocycles. The van der Waals surface area contributed by atoms with Crippen molar-refractivity contribution in [3.63, 3.8) is 0 Å². The van der Waals surface area contributed by atoms with Crippen molar-refractivity contribution in [2.45, 2.75) is 44.7 Å². The Morgan fingerprint density at radius 2 is 2.14 bits per heavy atom. The number of hydrogen-bond donors (Lipinski definition) is 2. The SMILES string of the molecule is COC(=O)c1ccc(CN=C(N)NC2CCCCC2)o1.I. The third kappa shape index (κ3) is 5.56. The van der Waals surface area contributed by atoms with Crippen LogP contribution in [0.25, 0.3) is 0 Å². The number of rotatable bonds is 4. The first-order valence-electron chi connectivity index (χ1n) is 6.92. The standard InChI is InChI=1S/C14H21N3O3.HI/c1-19-13(18)12-8-7-11(20-12)9-16-14(15)17-10-5-3-2-4-6-10;/h7-8,10H,2-6,9H2,1H3,(H3,15,16,17);1H. The second-order valence-electron chi connectivity index (χ2n) is 4.94. The number of nitrogens with one attached hydrogen (secondary N) is 1. The molecule has 118 valence electrons. The number of nitrogens with two attached hydrogens (primary N) is 1. The first-order valence-corrected chi connectivity index (χ1v) is 6.92. The fourth-order valence-electron chi connectivity index (χ4n) is 2.34. The normalized spacial score (nSPS) is 16.1. The molecule has 3 N–H and O–H groups in total. The van der Waals surface area contributed by atoms with Crippen molar-refractivity contribution >= 4 is 35.9 Å². The lowest BCUT2D eigenvalue weighted by atomic mass is 9.96. The Balaban J connectivity index is 0.00000220. The Labute approximate surface area is 141 Å². The third-order valence-corrected chi connectivity index (χ3v) is 3.41. The van der Waals surface area contributed by atoms with Crippen LogP contribution in [0.5, 0.6) is 0 Å². The Morgan fingerprint density at radius 3 is 2.81 bits per heavy atom. The molecule has 0 atom stereocenters. The first kappa shape index (κ1) is 17.8. The van der Waals surface area contributed by atoms with Gasteiger partial charge in [0.05, 0.1) is 7.11 Å². The van der Waals surface area contributed by atoms with Crippen LogP contribution in [-0.2, 0) is 11.3 Å². The van der Waals surface area contributed by atoms with Crippen LogP contribution in [0.1, 0.15) is 48.4 Å². The van der Waals surface area contributed by atoms with Crippen LogP contribution >= 0.6 is 24.0 Å². The molecular weight excluding hydrogens is 385 g/mol. The summed E-state index contributed by atoms with van der Waals surface area (Å²) in [6.07, 6.45) is 6.07. The number of carbonyl (C=O) groups excluding carboxylic acids is 1. The van der Waals surface area contributed by atoms with Gasteiger partial charge in [-0.25, -0.2) is 9.79 Å². The van der Waals surface area contributed by atoms with Gasteiger partial charge in [0.15, 0.2) is 5.96 Å². The number of hydrogen-bond acceptors (Lipinski definition) is 4. The van der Waals surface area contributed by atoms with E-state index in [9.17, 15) is 4.79 Å². The van der Waals surface area contributed by atoms with Gasteiger partial charge >= 0.3 is 5.97 Å². The molecule has 7 heteroatoms. The van der Waals surface area contributed by atoms with E-state index >= 15 is 0 Å². The van der Waals surface area contributed by atoms with Crippen molar-refractivity contribution in [1.29, 1.82) is 0 Å².